The highest BCUT2D eigenvalue weighted by molar-refractivity contribution is 6.02. The molecule has 1 heterocycles. The zero-order valence-corrected chi connectivity index (χ0v) is 10.9. The van der Waals surface area contributed by atoms with Gasteiger partial charge >= 0.3 is 0 Å². The van der Waals surface area contributed by atoms with Gasteiger partial charge in [-0.15, -0.1) is 0 Å². The van der Waals surface area contributed by atoms with Crippen molar-refractivity contribution in [1.29, 1.82) is 0 Å². The largest absolute Gasteiger partial charge is 0.497 e. The summed E-state index contributed by atoms with van der Waals surface area (Å²) in [5, 5.41) is 6.33. The number of fused-ring (bicyclic) bond motifs is 1. The number of anilines is 1. The minimum atomic E-state index is -0.224. The van der Waals surface area contributed by atoms with E-state index in [1.54, 1.807) is 7.11 Å². The smallest absolute Gasteiger partial charge is 0.246 e. The third-order valence-electron chi connectivity index (χ3n) is 3.97. The zero-order chi connectivity index (χ0) is 12.9. The number of amides is 1. The van der Waals surface area contributed by atoms with Crippen molar-refractivity contribution in [3.8, 4) is 5.75 Å². The molecular weight excluding hydrogens is 228 g/mol. The first-order valence-corrected chi connectivity index (χ1v) is 6.26. The van der Waals surface area contributed by atoms with Crippen LogP contribution in [0, 0.1) is 5.41 Å². The molecule has 4 heteroatoms. The summed E-state index contributed by atoms with van der Waals surface area (Å²) >= 11 is 0. The van der Waals surface area contributed by atoms with Gasteiger partial charge in [-0.1, -0.05) is 19.9 Å². The Morgan fingerprint density at radius 1 is 1.44 bits per heavy atom. The third-order valence-corrected chi connectivity index (χ3v) is 3.97. The maximum Gasteiger partial charge on any atom is 0.246 e. The molecule has 0 radical (unpaired) electrons. The number of rotatable bonds is 3. The fraction of sp³-hybridized carbons (Fsp3) is 0.500. The molecule has 3 rings (SSSR count). The summed E-state index contributed by atoms with van der Waals surface area (Å²) in [5.74, 6) is 0.794. The summed E-state index contributed by atoms with van der Waals surface area (Å²) in [6, 6.07) is 5.93. The summed E-state index contributed by atoms with van der Waals surface area (Å²) in [6.45, 7) is 4.43. The highest BCUT2D eigenvalue weighted by Gasteiger charge is 2.48. The van der Waals surface area contributed by atoms with Crippen molar-refractivity contribution in [2.75, 3.05) is 12.4 Å². The van der Waals surface area contributed by atoms with Gasteiger partial charge in [0.1, 0.15) is 11.8 Å². The molecule has 1 aromatic rings. The predicted molar refractivity (Wildman–Crippen MR) is 69.7 cm³/mol. The first kappa shape index (κ1) is 11.5. The molecule has 1 saturated carbocycles. The van der Waals surface area contributed by atoms with Crippen molar-refractivity contribution in [1.82, 2.24) is 5.32 Å². The molecule has 2 atom stereocenters. The van der Waals surface area contributed by atoms with Gasteiger partial charge in [-0.3, -0.25) is 10.1 Å². The second kappa shape index (κ2) is 3.72. The minimum absolute atomic E-state index is 0.0287. The number of carbonyl (C=O) groups excluding carboxylic acids is 1. The summed E-state index contributed by atoms with van der Waals surface area (Å²) in [7, 11) is 1.63. The summed E-state index contributed by atoms with van der Waals surface area (Å²) < 4.78 is 5.16. The van der Waals surface area contributed by atoms with Crippen LogP contribution in [0.4, 0.5) is 5.69 Å². The number of hydrogen-bond acceptors (Lipinski definition) is 3. The molecule has 0 spiro atoms. The van der Waals surface area contributed by atoms with Crippen molar-refractivity contribution in [3.05, 3.63) is 23.8 Å². The van der Waals surface area contributed by atoms with E-state index in [0.717, 1.165) is 23.4 Å². The number of ether oxygens (including phenoxy) is 1. The topological polar surface area (TPSA) is 50.4 Å². The molecule has 18 heavy (non-hydrogen) atoms. The van der Waals surface area contributed by atoms with Gasteiger partial charge in [0.25, 0.3) is 0 Å². The highest BCUT2D eigenvalue weighted by Crippen LogP contribution is 2.47. The van der Waals surface area contributed by atoms with Gasteiger partial charge in [0.15, 0.2) is 0 Å². The Morgan fingerprint density at radius 3 is 2.78 bits per heavy atom. The molecular formula is C14H18N2O2. The van der Waals surface area contributed by atoms with E-state index in [1.807, 2.05) is 18.2 Å². The van der Waals surface area contributed by atoms with Crippen molar-refractivity contribution in [3.63, 3.8) is 0 Å². The van der Waals surface area contributed by atoms with Crippen molar-refractivity contribution < 1.29 is 9.53 Å². The zero-order valence-electron chi connectivity index (χ0n) is 10.9. The minimum Gasteiger partial charge on any atom is -0.497 e. The van der Waals surface area contributed by atoms with Crippen LogP contribution in [0.3, 0.4) is 0 Å². The Kier molecular flexibility index (Phi) is 2.38. The van der Waals surface area contributed by atoms with Gasteiger partial charge in [0, 0.05) is 23.4 Å². The lowest BCUT2D eigenvalue weighted by molar-refractivity contribution is -0.117. The normalized spacial score (nSPS) is 27.6. The van der Waals surface area contributed by atoms with E-state index in [4.69, 9.17) is 4.74 Å². The Morgan fingerprint density at radius 2 is 2.17 bits per heavy atom. The molecule has 1 aliphatic carbocycles. The molecule has 1 aliphatic heterocycles. The lowest BCUT2D eigenvalue weighted by atomic mass is 10.1. The van der Waals surface area contributed by atoms with Crippen molar-refractivity contribution in [2.45, 2.75) is 32.4 Å². The van der Waals surface area contributed by atoms with Crippen LogP contribution in [0.1, 0.15) is 31.9 Å². The summed E-state index contributed by atoms with van der Waals surface area (Å²) in [6.07, 6.45) is 1.13. The first-order valence-electron chi connectivity index (χ1n) is 6.26. The van der Waals surface area contributed by atoms with Crippen molar-refractivity contribution >= 4 is 11.6 Å². The van der Waals surface area contributed by atoms with E-state index in [9.17, 15) is 4.79 Å². The first-order chi connectivity index (χ1) is 8.51. The quantitative estimate of drug-likeness (QED) is 0.858. The van der Waals surface area contributed by atoms with Crippen LogP contribution >= 0.6 is 0 Å². The molecule has 2 N–H and O–H groups in total. The standard InChI is InChI=1S/C14H18N2O2/c1-14(2)7-11(14)16-12-9-5-4-8(18-3)6-10(9)15-13(12)17/h4-6,11-12,16H,7H2,1-3H3,(H,15,17). The second-order valence-electron chi connectivity index (χ2n) is 5.79. The molecule has 0 saturated heterocycles. The van der Waals surface area contributed by atoms with Crippen LogP contribution in [-0.2, 0) is 4.79 Å². The average Bonchev–Trinajstić information content (AvgIpc) is 2.80. The number of methoxy groups -OCH3 is 1. The van der Waals surface area contributed by atoms with E-state index < -0.39 is 0 Å². The van der Waals surface area contributed by atoms with Crippen molar-refractivity contribution in [2.24, 2.45) is 5.41 Å². The average molecular weight is 246 g/mol. The van der Waals surface area contributed by atoms with Gasteiger partial charge in [-0.25, -0.2) is 0 Å². The van der Waals surface area contributed by atoms with Crippen LogP contribution in [0.15, 0.2) is 18.2 Å². The lowest BCUT2D eigenvalue weighted by Crippen LogP contribution is -2.31. The van der Waals surface area contributed by atoms with Gasteiger partial charge in [-0.05, 0) is 17.9 Å². The highest BCUT2D eigenvalue weighted by atomic mass is 16.5. The number of hydrogen-bond donors (Lipinski definition) is 2. The maximum atomic E-state index is 12.0. The lowest BCUT2D eigenvalue weighted by Gasteiger charge is -2.13. The molecule has 2 aliphatic rings. The molecule has 2 unspecified atom stereocenters. The van der Waals surface area contributed by atoms with Crippen LogP contribution in [0.25, 0.3) is 0 Å². The predicted octanol–water partition coefficient (Wildman–Crippen LogP) is 2.08. The molecule has 1 aromatic carbocycles. The Hall–Kier alpha value is -1.55. The molecule has 0 bridgehead atoms. The van der Waals surface area contributed by atoms with Crippen LogP contribution in [0.2, 0.25) is 0 Å². The summed E-state index contributed by atoms with van der Waals surface area (Å²) in [4.78, 5) is 12.0. The number of carbonyl (C=O) groups is 1. The van der Waals surface area contributed by atoms with Gasteiger partial charge in [0.2, 0.25) is 5.91 Å². The monoisotopic (exact) mass is 246 g/mol. The molecule has 4 nitrogen and oxygen atoms in total. The van der Waals surface area contributed by atoms with E-state index in [-0.39, 0.29) is 11.9 Å². The van der Waals surface area contributed by atoms with E-state index in [0.29, 0.717) is 11.5 Å². The fourth-order valence-electron chi connectivity index (χ4n) is 2.49. The Labute approximate surface area is 107 Å². The van der Waals surface area contributed by atoms with E-state index in [2.05, 4.69) is 24.5 Å². The van der Waals surface area contributed by atoms with Gasteiger partial charge < -0.3 is 10.1 Å². The molecule has 1 amide bonds. The van der Waals surface area contributed by atoms with Crippen LogP contribution < -0.4 is 15.4 Å². The number of nitrogens with one attached hydrogen (secondary N) is 2. The SMILES string of the molecule is COc1ccc2c(c1)NC(=O)C2NC1CC1(C)C. The molecule has 1 fully saturated rings. The fourth-order valence-corrected chi connectivity index (χ4v) is 2.49. The Bertz CT molecular complexity index is 511. The van der Waals surface area contributed by atoms with Gasteiger partial charge in [-0.2, -0.15) is 0 Å². The van der Waals surface area contributed by atoms with E-state index >= 15 is 0 Å². The summed E-state index contributed by atoms with van der Waals surface area (Å²) in [5.41, 5.74) is 2.19. The number of benzene rings is 1. The molecule has 96 valence electrons. The third kappa shape index (κ3) is 1.77. The van der Waals surface area contributed by atoms with Gasteiger partial charge in [0.05, 0.1) is 7.11 Å². The molecule has 0 aromatic heterocycles. The Balaban J connectivity index is 1.83. The second-order valence-corrected chi connectivity index (χ2v) is 5.79. The maximum absolute atomic E-state index is 12.0. The van der Waals surface area contributed by atoms with E-state index in [1.165, 1.54) is 0 Å². The van der Waals surface area contributed by atoms with Crippen LogP contribution in [0.5, 0.6) is 5.75 Å². The van der Waals surface area contributed by atoms with Crippen LogP contribution in [-0.4, -0.2) is 19.1 Å².